The molecule has 0 amide bonds. The zero-order valence-corrected chi connectivity index (χ0v) is 14.8. The van der Waals surface area contributed by atoms with Gasteiger partial charge >= 0.3 is 0 Å². The summed E-state index contributed by atoms with van der Waals surface area (Å²) in [6.07, 6.45) is 5.68. The smallest absolute Gasteiger partial charge is 0.188 e. The van der Waals surface area contributed by atoms with Crippen LogP contribution in [0.1, 0.15) is 50.5 Å². The van der Waals surface area contributed by atoms with Gasteiger partial charge in [0.2, 0.25) is 0 Å². The minimum Gasteiger partial charge on any atom is -0.370 e. The van der Waals surface area contributed by atoms with Gasteiger partial charge in [-0.15, -0.1) is 24.0 Å². The predicted molar refractivity (Wildman–Crippen MR) is 96.7 cm³/mol. The van der Waals surface area contributed by atoms with E-state index in [0.29, 0.717) is 5.96 Å². The van der Waals surface area contributed by atoms with Gasteiger partial charge in [-0.25, -0.2) is 4.39 Å². The van der Waals surface area contributed by atoms with Crippen LogP contribution in [0.2, 0.25) is 0 Å². The van der Waals surface area contributed by atoms with E-state index in [-0.39, 0.29) is 41.8 Å². The van der Waals surface area contributed by atoms with Gasteiger partial charge in [-0.2, -0.15) is 0 Å². The van der Waals surface area contributed by atoms with Crippen LogP contribution in [0.25, 0.3) is 0 Å². The fourth-order valence-electron chi connectivity index (χ4n) is 2.45. The molecule has 0 spiro atoms. The summed E-state index contributed by atoms with van der Waals surface area (Å²) in [5.41, 5.74) is 6.63. The highest BCUT2D eigenvalue weighted by Crippen LogP contribution is 2.41. The van der Waals surface area contributed by atoms with E-state index in [0.717, 1.165) is 24.9 Å². The summed E-state index contributed by atoms with van der Waals surface area (Å²) in [5, 5.41) is 3.18. The Labute approximate surface area is 143 Å². The summed E-state index contributed by atoms with van der Waals surface area (Å²) in [6.45, 7) is 2.96. The molecule has 0 radical (unpaired) electrons. The van der Waals surface area contributed by atoms with Crippen molar-refractivity contribution in [3.8, 4) is 0 Å². The Morgan fingerprint density at radius 1 is 1.33 bits per heavy atom. The van der Waals surface area contributed by atoms with Crippen molar-refractivity contribution in [2.75, 3.05) is 6.54 Å². The van der Waals surface area contributed by atoms with Gasteiger partial charge in [0.05, 0.1) is 0 Å². The van der Waals surface area contributed by atoms with E-state index < -0.39 is 0 Å². The molecular weight excluding hydrogens is 380 g/mol. The molecule has 1 aromatic carbocycles. The number of guanidine groups is 1. The molecule has 0 bridgehead atoms. The summed E-state index contributed by atoms with van der Waals surface area (Å²) in [6, 6.07) is 7.18. The van der Waals surface area contributed by atoms with Crippen molar-refractivity contribution in [2.24, 2.45) is 10.7 Å². The van der Waals surface area contributed by atoms with Crippen LogP contribution in [0.4, 0.5) is 4.39 Å². The second kappa shape index (κ2) is 9.23. The van der Waals surface area contributed by atoms with Crippen molar-refractivity contribution in [3.63, 3.8) is 0 Å². The lowest BCUT2D eigenvalue weighted by molar-refractivity contribution is 0.608. The molecule has 1 aliphatic rings. The number of rotatable bonds is 7. The van der Waals surface area contributed by atoms with Crippen molar-refractivity contribution in [3.05, 3.63) is 35.6 Å². The van der Waals surface area contributed by atoms with E-state index in [2.05, 4.69) is 17.2 Å². The van der Waals surface area contributed by atoms with Crippen LogP contribution in [-0.4, -0.2) is 18.5 Å². The van der Waals surface area contributed by atoms with E-state index in [1.807, 2.05) is 12.1 Å². The Bertz CT molecular complexity index is 465. The van der Waals surface area contributed by atoms with Crippen LogP contribution in [0.3, 0.4) is 0 Å². The standard InChI is InChI=1S/C16H24FN3.HI/c1-2-3-4-7-10-19-16(18)20-15-11-13(15)12-8-5-6-9-14(12)17;/h5-6,8-9,13,15H,2-4,7,10-11H2,1H3,(H3,18,19,20);1H. The minimum atomic E-state index is -0.128. The first-order valence-corrected chi connectivity index (χ1v) is 7.53. The number of halogens is 2. The van der Waals surface area contributed by atoms with Gasteiger partial charge in [-0.1, -0.05) is 44.4 Å². The molecule has 118 valence electrons. The Balaban J connectivity index is 0.00000220. The van der Waals surface area contributed by atoms with Gasteiger partial charge in [0.25, 0.3) is 0 Å². The molecule has 2 rings (SSSR count). The van der Waals surface area contributed by atoms with Crippen LogP contribution in [0.15, 0.2) is 29.3 Å². The van der Waals surface area contributed by atoms with Crippen molar-refractivity contribution in [1.82, 2.24) is 5.32 Å². The number of unbranched alkanes of at least 4 members (excludes halogenated alkanes) is 3. The topological polar surface area (TPSA) is 50.4 Å². The van der Waals surface area contributed by atoms with Crippen LogP contribution in [0, 0.1) is 5.82 Å². The molecule has 2 unspecified atom stereocenters. The molecule has 1 fully saturated rings. The lowest BCUT2D eigenvalue weighted by atomic mass is 10.1. The fraction of sp³-hybridized carbons (Fsp3) is 0.562. The van der Waals surface area contributed by atoms with E-state index in [1.54, 1.807) is 6.07 Å². The molecule has 0 aromatic heterocycles. The maximum Gasteiger partial charge on any atom is 0.188 e. The summed E-state index contributed by atoms with van der Waals surface area (Å²) in [5.74, 6) is 0.590. The quantitative estimate of drug-likeness (QED) is 0.314. The van der Waals surface area contributed by atoms with Gasteiger partial charge in [0, 0.05) is 18.5 Å². The molecule has 0 aliphatic heterocycles. The average molecular weight is 405 g/mol. The summed E-state index contributed by atoms with van der Waals surface area (Å²) < 4.78 is 13.6. The summed E-state index contributed by atoms with van der Waals surface area (Å²) in [4.78, 5) is 4.32. The summed E-state index contributed by atoms with van der Waals surface area (Å²) in [7, 11) is 0. The van der Waals surface area contributed by atoms with E-state index in [1.165, 1.54) is 25.3 Å². The Morgan fingerprint density at radius 3 is 2.81 bits per heavy atom. The molecule has 1 aliphatic carbocycles. The van der Waals surface area contributed by atoms with Crippen molar-refractivity contribution < 1.29 is 4.39 Å². The maximum atomic E-state index is 13.6. The largest absolute Gasteiger partial charge is 0.370 e. The predicted octanol–water partition coefficient (Wildman–Crippen LogP) is 3.78. The lowest BCUT2D eigenvalue weighted by Crippen LogP contribution is -2.34. The van der Waals surface area contributed by atoms with Crippen LogP contribution in [-0.2, 0) is 0 Å². The average Bonchev–Trinajstić information content (AvgIpc) is 3.18. The monoisotopic (exact) mass is 405 g/mol. The zero-order valence-electron chi connectivity index (χ0n) is 12.5. The molecule has 5 heteroatoms. The number of hydrogen-bond acceptors (Lipinski definition) is 1. The Morgan fingerprint density at radius 2 is 2.10 bits per heavy atom. The van der Waals surface area contributed by atoms with E-state index in [9.17, 15) is 4.39 Å². The fourth-order valence-corrected chi connectivity index (χ4v) is 2.45. The van der Waals surface area contributed by atoms with Crippen molar-refractivity contribution in [1.29, 1.82) is 0 Å². The molecule has 1 aromatic rings. The highest BCUT2D eigenvalue weighted by atomic mass is 127. The first-order chi connectivity index (χ1) is 9.72. The minimum absolute atomic E-state index is 0. The highest BCUT2D eigenvalue weighted by Gasteiger charge is 2.40. The number of nitrogens with zero attached hydrogens (tertiary/aromatic N) is 1. The van der Waals surface area contributed by atoms with Crippen LogP contribution in [0.5, 0.6) is 0 Å². The van der Waals surface area contributed by atoms with Gasteiger partial charge < -0.3 is 11.1 Å². The first-order valence-electron chi connectivity index (χ1n) is 7.53. The number of hydrogen-bond donors (Lipinski definition) is 2. The van der Waals surface area contributed by atoms with Crippen LogP contribution < -0.4 is 11.1 Å². The van der Waals surface area contributed by atoms with Gasteiger partial charge in [0.15, 0.2) is 5.96 Å². The number of nitrogens with one attached hydrogen (secondary N) is 1. The maximum absolute atomic E-state index is 13.6. The zero-order chi connectivity index (χ0) is 14.4. The van der Waals surface area contributed by atoms with Gasteiger partial charge in [-0.05, 0) is 24.5 Å². The SMILES string of the molecule is CCCCCCN=C(N)NC1CC1c1ccccc1F.I. The normalized spacial score (nSPS) is 20.8. The highest BCUT2D eigenvalue weighted by molar-refractivity contribution is 14.0. The molecule has 2 atom stereocenters. The molecule has 0 saturated heterocycles. The second-order valence-electron chi connectivity index (χ2n) is 5.44. The number of nitrogens with two attached hydrogens (primary N) is 1. The molecule has 21 heavy (non-hydrogen) atoms. The molecule has 3 N–H and O–H groups in total. The summed E-state index contributed by atoms with van der Waals surface area (Å²) >= 11 is 0. The Kier molecular flexibility index (Phi) is 8.00. The second-order valence-corrected chi connectivity index (χ2v) is 5.44. The molecule has 1 saturated carbocycles. The van der Waals surface area contributed by atoms with Gasteiger partial charge in [0.1, 0.15) is 5.82 Å². The third-order valence-electron chi connectivity index (χ3n) is 3.72. The van der Waals surface area contributed by atoms with Gasteiger partial charge in [-0.3, -0.25) is 4.99 Å². The molecule has 0 heterocycles. The lowest BCUT2D eigenvalue weighted by Gasteiger charge is -2.06. The molecular formula is C16H25FIN3. The number of aliphatic imine (C=N–C) groups is 1. The number of benzene rings is 1. The Hall–Kier alpha value is -0.850. The first kappa shape index (κ1) is 18.2. The van der Waals surface area contributed by atoms with Crippen molar-refractivity contribution in [2.45, 2.75) is 51.0 Å². The van der Waals surface area contributed by atoms with Crippen molar-refractivity contribution >= 4 is 29.9 Å². The third-order valence-corrected chi connectivity index (χ3v) is 3.72. The van der Waals surface area contributed by atoms with E-state index >= 15 is 0 Å². The third kappa shape index (κ3) is 5.80. The van der Waals surface area contributed by atoms with E-state index in [4.69, 9.17) is 5.73 Å². The molecule has 3 nitrogen and oxygen atoms in total. The van der Waals surface area contributed by atoms with Crippen LogP contribution >= 0.6 is 24.0 Å².